The van der Waals surface area contributed by atoms with Crippen LogP contribution in [0.4, 0.5) is 8.78 Å². The van der Waals surface area contributed by atoms with E-state index < -0.39 is 17.7 Å². The molecule has 1 aromatic rings. The van der Waals surface area contributed by atoms with E-state index in [1.165, 1.54) is 25.1 Å². The normalized spacial score (nSPS) is 10.9. The Kier molecular flexibility index (Phi) is 4.97. The van der Waals surface area contributed by atoms with Crippen molar-refractivity contribution in [2.24, 2.45) is 0 Å². The van der Waals surface area contributed by atoms with Gasteiger partial charge in [-0.1, -0.05) is 12.1 Å². The van der Waals surface area contributed by atoms with E-state index in [9.17, 15) is 18.4 Å². The second kappa shape index (κ2) is 6.26. The van der Waals surface area contributed by atoms with Crippen molar-refractivity contribution in [2.45, 2.75) is 19.8 Å². The molecule has 0 saturated heterocycles. The summed E-state index contributed by atoms with van der Waals surface area (Å²) in [4.78, 5) is 22.9. The molecule has 6 heteroatoms. The van der Waals surface area contributed by atoms with Gasteiger partial charge in [0.15, 0.2) is 0 Å². The number of esters is 1. The van der Waals surface area contributed by atoms with Crippen LogP contribution in [0, 0.1) is 0 Å². The van der Waals surface area contributed by atoms with E-state index in [2.05, 4.69) is 4.74 Å². The van der Waals surface area contributed by atoms with E-state index >= 15 is 0 Å². The summed E-state index contributed by atoms with van der Waals surface area (Å²) < 4.78 is 36.5. The highest BCUT2D eigenvalue weighted by Crippen LogP contribution is 2.27. The Hall–Kier alpha value is -1.98. The molecule has 104 valence electrons. The Bertz CT molecular complexity index is 471. The number of halogens is 2. The highest BCUT2D eigenvalue weighted by molar-refractivity contribution is 6.15. The molecule has 0 unspecified atom stereocenters. The van der Waals surface area contributed by atoms with Crippen molar-refractivity contribution in [1.29, 1.82) is 0 Å². The predicted molar refractivity (Wildman–Crippen MR) is 63.5 cm³/mol. The monoisotopic (exact) mass is 272 g/mol. The molecular formula is C13H14F2O4. The molecule has 0 aromatic heterocycles. The summed E-state index contributed by atoms with van der Waals surface area (Å²) in [5, 5.41) is 0. The van der Waals surface area contributed by atoms with Crippen molar-refractivity contribution in [3.8, 4) is 5.75 Å². The molecule has 0 aliphatic heterocycles. The molecule has 1 rings (SSSR count). The molecule has 0 N–H and O–H groups in total. The van der Waals surface area contributed by atoms with E-state index in [0.29, 0.717) is 0 Å². The van der Waals surface area contributed by atoms with Gasteiger partial charge >= 0.3 is 11.9 Å². The van der Waals surface area contributed by atoms with E-state index in [4.69, 9.17) is 4.74 Å². The minimum absolute atomic E-state index is 0.0129. The summed E-state index contributed by atoms with van der Waals surface area (Å²) in [5.74, 6) is -7.69. The second-order valence-corrected chi connectivity index (χ2v) is 3.55. The SMILES string of the molecule is CCOC(=O)C(F)(F)C(=O)c1ccccc1OCC. The van der Waals surface area contributed by atoms with E-state index in [0.717, 1.165) is 0 Å². The van der Waals surface area contributed by atoms with Crippen molar-refractivity contribution in [2.75, 3.05) is 13.2 Å². The smallest absolute Gasteiger partial charge is 0.404 e. The standard InChI is InChI=1S/C13H14F2O4/c1-3-18-10-8-6-5-7-9(10)11(16)13(14,15)12(17)19-4-2/h5-8H,3-4H2,1-2H3. The first-order valence-corrected chi connectivity index (χ1v) is 5.76. The third-order valence-corrected chi connectivity index (χ3v) is 2.25. The second-order valence-electron chi connectivity index (χ2n) is 3.55. The Morgan fingerprint density at radius 3 is 2.37 bits per heavy atom. The number of carbonyl (C=O) groups is 2. The van der Waals surface area contributed by atoms with Crippen LogP contribution in [0.2, 0.25) is 0 Å². The van der Waals surface area contributed by atoms with Crippen LogP contribution in [0.25, 0.3) is 0 Å². The lowest BCUT2D eigenvalue weighted by atomic mass is 10.0. The van der Waals surface area contributed by atoms with E-state index in [-0.39, 0.29) is 24.5 Å². The molecule has 0 saturated carbocycles. The van der Waals surface area contributed by atoms with Gasteiger partial charge in [-0.2, -0.15) is 8.78 Å². The number of rotatable bonds is 6. The Morgan fingerprint density at radius 1 is 1.16 bits per heavy atom. The van der Waals surface area contributed by atoms with Crippen LogP contribution in [0.15, 0.2) is 24.3 Å². The van der Waals surface area contributed by atoms with Gasteiger partial charge in [-0.3, -0.25) is 4.79 Å². The first kappa shape index (κ1) is 15.1. The Balaban J connectivity index is 3.09. The first-order chi connectivity index (χ1) is 8.95. The zero-order valence-corrected chi connectivity index (χ0v) is 10.6. The molecule has 0 bridgehead atoms. The van der Waals surface area contributed by atoms with Crippen LogP contribution >= 0.6 is 0 Å². The third-order valence-electron chi connectivity index (χ3n) is 2.25. The molecule has 1 aromatic carbocycles. The average Bonchev–Trinajstić information content (AvgIpc) is 2.39. The molecule has 0 fully saturated rings. The Labute approximate surface area is 109 Å². The summed E-state index contributed by atoms with van der Waals surface area (Å²) in [6.45, 7) is 3.03. The number of carbonyl (C=O) groups excluding carboxylic acids is 2. The minimum atomic E-state index is -4.22. The maximum absolute atomic E-state index is 13.6. The molecule has 0 atom stereocenters. The average molecular weight is 272 g/mol. The number of benzene rings is 1. The topological polar surface area (TPSA) is 52.6 Å². The fraction of sp³-hybridized carbons (Fsp3) is 0.385. The van der Waals surface area contributed by atoms with Gasteiger partial charge in [0, 0.05) is 0 Å². The molecular weight excluding hydrogens is 258 g/mol. The molecule has 0 heterocycles. The fourth-order valence-corrected chi connectivity index (χ4v) is 1.42. The van der Waals surface area contributed by atoms with E-state index in [1.54, 1.807) is 13.0 Å². The van der Waals surface area contributed by atoms with Crippen LogP contribution in [0.5, 0.6) is 5.75 Å². The minimum Gasteiger partial charge on any atom is -0.493 e. The number of alkyl halides is 2. The van der Waals surface area contributed by atoms with Gasteiger partial charge in [-0.05, 0) is 26.0 Å². The van der Waals surface area contributed by atoms with Gasteiger partial charge in [0.2, 0.25) is 5.78 Å². The molecule has 0 aliphatic carbocycles. The zero-order chi connectivity index (χ0) is 14.5. The van der Waals surface area contributed by atoms with Crippen LogP contribution < -0.4 is 4.74 Å². The summed E-state index contributed by atoms with van der Waals surface area (Å²) in [5.41, 5.74) is -0.345. The maximum Gasteiger partial charge on any atom is 0.404 e. The third kappa shape index (κ3) is 3.27. The molecule has 0 aliphatic rings. The summed E-state index contributed by atoms with van der Waals surface area (Å²) in [6.07, 6.45) is 0. The summed E-state index contributed by atoms with van der Waals surface area (Å²) in [6, 6.07) is 5.53. The zero-order valence-electron chi connectivity index (χ0n) is 10.6. The Morgan fingerprint density at radius 2 is 1.79 bits per heavy atom. The van der Waals surface area contributed by atoms with Gasteiger partial charge in [0.1, 0.15) is 5.75 Å². The molecule has 19 heavy (non-hydrogen) atoms. The number of Topliss-reactive ketones (excluding diaryl/α,β-unsaturated/α-hetero) is 1. The van der Waals surface area contributed by atoms with Gasteiger partial charge in [0.25, 0.3) is 0 Å². The largest absolute Gasteiger partial charge is 0.493 e. The number of ketones is 1. The van der Waals surface area contributed by atoms with Crippen LogP contribution in [-0.2, 0) is 9.53 Å². The predicted octanol–water partition coefficient (Wildman–Crippen LogP) is 2.47. The lowest BCUT2D eigenvalue weighted by molar-refractivity contribution is -0.164. The van der Waals surface area contributed by atoms with Crippen molar-refractivity contribution >= 4 is 11.8 Å². The van der Waals surface area contributed by atoms with Gasteiger partial charge in [-0.15, -0.1) is 0 Å². The lowest BCUT2D eigenvalue weighted by Gasteiger charge is -2.15. The van der Waals surface area contributed by atoms with Crippen molar-refractivity contribution < 1.29 is 27.8 Å². The fourth-order valence-electron chi connectivity index (χ4n) is 1.42. The highest BCUT2D eigenvalue weighted by Gasteiger charge is 2.50. The van der Waals surface area contributed by atoms with Gasteiger partial charge < -0.3 is 9.47 Å². The van der Waals surface area contributed by atoms with Crippen LogP contribution in [0.1, 0.15) is 24.2 Å². The molecule has 0 spiro atoms. The lowest BCUT2D eigenvalue weighted by Crippen LogP contribution is -2.39. The van der Waals surface area contributed by atoms with Gasteiger partial charge in [-0.25, -0.2) is 4.79 Å². The molecule has 0 amide bonds. The summed E-state index contributed by atoms with van der Waals surface area (Å²) >= 11 is 0. The van der Waals surface area contributed by atoms with Crippen LogP contribution in [-0.4, -0.2) is 30.9 Å². The quantitative estimate of drug-likeness (QED) is 0.453. The van der Waals surface area contributed by atoms with Crippen molar-refractivity contribution in [3.63, 3.8) is 0 Å². The number of para-hydroxylation sites is 1. The van der Waals surface area contributed by atoms with Gasteiger partial charge in [0.05, 0.1) is 18.8 Å². The first-order valence-electron chi connectivity index (χ1n) is 5.76. The van der Waals surface area contributed by atoms with Crippen molar-refractivity contribution in [1.82, 2.24) is 0 Å². The number of ether oxygens (including phenoxy) is 2. The number of hydrogen-bond acceptors (Lipinski definition) is 4. The van der Waals surface area contributed by atoms with Crippen LogP contribution in [0.3, 0.4) is 0 Å². The summed E-state index contributed by atoms with van der Waals surface area (Å²) in [7, 11) is 0. The maximum atomic E-state index is 13.6. The van der Waals surface area contributed by atoms with Crippen molar-refractivity contribution in [3.05, 3.63) is 29.8 Å². The van der Waals surface area contributed by atoms with E-state index in [1.807, 2.05) is 0 Å². The molecule has 0 radical (unpaired) electrons. The highest BCUT2D eigenvalue weighted by atomic mass is 19.3. The number of hydrogen-bond donors (Lipinski definition) is 0. The molecule has 4 nitrogen and oxygen atoms in total.